The average molecular weight is 336 g/mol. The van der Waals surface area contributed by atoms with Crippen molar-refractivity contribution in [2.75, 3.05) is 32.8 Å². The van der Waals surface area contributed by atoms with Crippen LogP contribution in [0.15, 0.2) is 29.8 Å². The SMILES string of the molecule is O=C(NCC1=CCOCC1)N1CCCC(c2ccc(F)c(F)c2)C1. The van der Waals surface area contributed by atoms with Gasteiger partial charge in [0.2, 0.25) is 0 Å². The van der Waals surface area contributed by atoms with Gasteiger partial charge < -0.3 is 15.0 Å². The summed E-state index contributed by atoms with van der Waals surface area (Å²) in [5.41, 5.74) is 1.93. The van der Waals surface area contributed by atoms with Gasteiger partial charge in [-0.3, -0.25) is 0 Å². The van der Waals surface area contributed by atoms with Crippen LogP contribution in [0, 0.1) is 11.6 Å². The van der Waals surface area contributed by atoms with Crippen molar-refractivity contribution in [3.05, 3.63) is 47.0 Å². The Hall–Kier alpha value is -1.95. The van der Waals surface area contributed by atoms with Crippen LogP contribution in [0.5, 0.6) is 0 Å². The van der Waals surface area contributed by atoms with E-state index in [2.05, 4.69) is 5.32 Å². The van der Waals surface area contributed by atoms with Gasteiger partial charge in [0.15, 0.2) is 11.6 Å². The molecule has 1 atom stereocenters. The second kappa shape index (κ2) is 7.75. The molecule has 3 rings (SSSR count). The van der Waals surface area contributed by atoms with E-state index in [9.17, 15) is 13.6 Å². The number of benzene rings is 1. The van der Waals surface area contributed by atoms with E-state index >= 15 is 0 Å². The van der Waals surface area contributed by atoms with Crippen molar-refractivity contribution in [1.82, 2.24) is 10.2 Å². The zero-order chi connectivity index (χ0) is 16.9. The maximum Gasteiger partial charge on any atom is 0.317 e. The zero-order valence-electron chi connectivity index (χ0n) is 13.6. The van der Waals surface area contributed by atoms with Crippen molar-refractivity contribution in [2.45, 2.75) is 25.2 Å². The van der Waals surface area contributed by atoms with Crippen molar-refractivity contribution in [3.63, 3.8) is 0 Å². The van der Waals surface area contributed by atoms with E-state index in [-0.39, 0.29) is 11.9 Å². The molecule has 1 saturated heterocycles. The molecule has 2 heterocycles. The molecule has 0 aromatic heterocycles. The first-order valence-electron chi connectivity index (χ1n) is 8.37. The Morgan fingerprint density at radius 1 is 1.33 bits per heavy atom. The van der Waals surface area contributed by atoms with Crippen molar-refractivity contribution in [3.8, 4) is 0 Å². The van der Waals surface area contributed by atoms with Crippen LogP contribution in [0.1, 0.15) is 30.7 Å². The fourth-order valence-corrected chi connectivity index (χ4v) is 3.23. The Balaban J connectivity index is 1.57. The van der Waals surface area contributed by atoms with Gasteiger partial charge in [-0.2, -0.15) is 0 Å². The van der Waals surface area contributed by atoms with Crippen molar-refractivity contribution < 1.29 is 18.3 Å². The molecule has 1 unspecified atom stereocenters. The smallest absolute Gasteiger partial charge is 0.317 e. The Morgan fingerprint density at radius 3 is 2.96 bits per heavy atom. The lowest BCUT2D eigenvalue weighted by atomic mass is 9.90. The number of amides is 2. The van der Waals surface area contributed by atoms with Crippen LogP contribution in [0.25, 0.3) is 0 Å². The minimum atomic E-state index is -0.839. The topological polar surface area (TPSA) is 41.6 Å². The first kappa shape index (κ1) is 16.9. The molecule has 130 valence electrons. The van der Waals surface area contributed by atoms with E-state index in [1.807, 2.05) is 6.08 Å². The van der Waals surface area contributed by atoms with E-state index in [0.29, 0.717) is 32.8 Å². The monoisotopic (exact) mass is 336 g/mol. The predicted octanol–water partition coefficient (Wildman–Crippen LogP) is 3.20. The number of halogens is 2. The van der Waals surface area contributed by atoms with Gasteiger partial charge in [-0.05, 0) is 37.0 Å². The van der Waals surface area contributed by atoms with Crippen LogP contribution >= 0.6 is 0 Å². The number of nitrogens with zero attached hydrogens (tertiary/aromatic N) is 1. The van der Waals surface area contributed by atoms with Crippen molar-refractivity contribution in [2.24, 2.45) is 0 Å². The number of carbonyl (C=O) groups excluding carboxylic acids is 1. The highest BCUT2D eigenvalue weighted by Gasteiger charge is 2.25. The summed E-state index contributed by atoms with van der Waals surface area (Å²) in [4.78, 5) is 14.1. The summed E-state index contributed by atoms with van der Waals surface area (Å²) in [5.74, 6) is -1.63. The van der Waals surface area contributed by atoms with E-state index in [1.54, 1.807) is 11.0 Å². The van der Waals surface area contributed by atoms with Gasteiger partial charge in [-0.1, -0.05) is 17.7 Å². The zero-order valence-corrected chi connectivity index (χ0v) is 13.6. The van der Waals surface area contributed by atoms with Gasteiger partial charge >= 0.3 is 6.03 Å². The van der Waals surface area contributed by atoms with Crippen LogP contribution in [-0.4, -0.2) is 43.8 Å². The normalized spacial score (nSPS) is 21.3. The van der Waals surface area contributed by atoms with E-state index in [4.69, 9.17) is 4.74 Å². The molecule has 0 bridgehead atoms. The number of hydrogen-bond donors (Lipinski definition) is 1. The van der Waals surface area contributed by atoms with E-state index in [1.165, 1.54) is 11.6 Å². The minimum Gasteiger partial charge on any atom is -0.377 e. The lowest BCUT2D eigenvalue weighted by molar-refractivity contribution is 0.153. The summed E-state index contributed by atoms with van der Waals surface area (Å²) in [6.45, 7) is 3.05. The highest BCUT2D eigenvalue weighted by Crippen LogP contribution is 2.28. The number of likely N-dealkylation sites (tertiary alicyclic amines) is 1. The summed E-state index contributed by atoms with van der Waals surface area (Å²) in [6, 6.07) is 3.90. The second-order valence-corrected chi connectivity index (χ2v) is 6.30. The third-order valence-corrected chi connectivity index (χ3v) is 4.65. The maximum absolute atomic E-state index is 13.4. The Kier molecular flexibility index (Phi) is 5.45. The Morgan fingerprint density at radius 2 is 2.21 bits per heavy atom. The number of hydrogen-bond acceptors (Lipinski definition) is 2. The van der Waals surface area contributed by atoms with Gasteiger partial charge in [0.25, 0.3) is 0 Å². The highest BCUT2D eigenvalue weighted by atomic mass is 19.2. The first-order chi connectivity index (χ1) is 11.6. The van der Waals surface area contributed by atoms with Gasteiger partial charge in [0.1, 0.15) is 0 Å². The number of carbonyl (C=O) groups is 1. The number of ether oxygens (including phenoxy) is 1. The summed E-state index contributed by atoms with van der Waals surface area (Å²) >= 11 is 0. The molecule has 6 heteroatoms. The molecule has 1 aromatic rings. The lowest BCUT2D eigenvalue weighted by Gasteiger charge is -2.33. The first-order valence-corrected chi connectivity index (χ1v) is 8.37. The Labute approximate surface area is 140 Å². The molecule has 0 radical (unpaired) electrons. The number of rotatable bonds is 3. The summed E-state index contributed by atoms with van der Waals surface area (Å²) in [7, 11) is 0. The van der Waals surface area contributed by atoms with Crippen molar-refractivity contribution in [1.29, 1.82) is 0 Å². The van der Waals surface area contributed by atoms with Crippen LogP contribution < -0.4 is 5.32 Å². The summed E-state index contributed by atoms with van der Waals surface area (Å²) in [6.07, 6.45) is 4.58. The molecule has 0 spiro atoms. The van der Waals surface area contributed by atoms with Crippen LogP contribution in [0.2, 0.25) is 0 Å². The largest absolute Gasteiger partial charge is 0.377 e. The van der Waals surface area contributed by atoms with Gasteiger partial charge in [0.05, 0.1) is 13.2 Å². The Bertz CT molecular complexity index is 633. The molecule has 0 aliphatic carbocycles. The van der Waals surface area contributed by atoms with Gasteiger partial charge in [0, 0.05) is 25.6 Å². The predicted molar refractivity (Wildman–Crippen MR) is 86.8 cm³/mol. The van der Waals surface area contributed by atoms with Crippen LogP contribution in [-0.2, 0) is 4.74 Å². The average Bonchev–Trinajstić information content (AvgIpc) is 2.63. The fourth-order valence-electron chi connectivity index (χ4n) is 3.23. The van der Waals surface area contributed by atoms with E-state index < -0.39 is 11.6 Å². The fraction of sp³-hybridized carbons (Fsp3) is 0.500. The lowest BCUT2D eigenvalue weighted by Crippen LogP contribution is -2.45. The quantitative estimate of drug-likeness (QED) is 0.861. The van der Waals surface area contributed by atoms with Crippen molar-refractivity contribution >= 4 is 6.03 Å². The molecule has 2 aliphatic heterocycles. The molecule has 0 saturated carbocycles. The highest BCUT2D eigenvalue weighted by molar-refractivity contribution is 5.74. The van der Waals surface area contributed by atoms with E-state index in [0.717, 1.165) is 30.9 Å². The molecule has 24 heavy (non-hydrogen) atoms. The van der Waals surface area contributed by atoms with Gasteiger partial charge in [-0.25, -0.2) is 13.6 Å². The molecular formula is C18H22F2N2O2. The number of nitrogens with one attached hydrogen (secondary N) is 1. The molecule has 1 fully saturated rings. The van der Waals surface area contributed by atoms with Gasteiger partial charge in [-0.15, -0.1) is 0 Å². The molecule has 1 N–H and O–H groups in total. The molecule has 1 aromatic carbocycles. The van der Waals surface area contributed by atoms with Crippen LogP contribution in [0.4, 0.5) is 13.6 Å². The standard InChI is InChI=1S/C18H22F2N2O2/c19-16-4-3-14(10-17(16)20)15-2-1-7-22(12-15)18(23)21-11-13-5-8-24-9-6-13/h3-5,10,15H,1-2,6-9,11-12H2,(H,21,23). The molecule has 2 aliphatic rings. The molecule has 2 amide bonds. The summed E-state index contributed by atoms with van der Waals surface area (Å²) in [5, 5.41) is 2.94. The second-order valence-electron chi connectivity index (χ2n) is 6.30. The number of piperidine rings is 1. The third-order valence-electron chi connectivity index (χ3n) is 4.65. The third kappa shape index (κ3) is 4.12. The number of urea groups is 1. The summed E-state index contributed by atoms with van der Waals surface area (Å²) < 4.78 is 31.8. The van der Waals surface area contributed by atoms with Crippen LogP contribution in [0.3, 0.4) is 0 Å². The maximum atomic E-state index is 13.4. The molecular weight excluding hydrogens is 314 g/mol. The minimum absolute atomic E-state index is 0.0434. The molecule has 4 nitrogen and oxygen atoms in total.